The maximum atomic E-state index is 14.0. The highest BCUT2D eigenvalue weighted by molar-refractivity contribution is 7.80. The van der Waals surface area contributed by atoms with Crippen molar-refractivity contribution in [3.8, 4) is 0 Å². The molecular formula is C12H16FN3O4S. The molecule has 0 radical (unpaired) electrons. The third-order valence-corrected chi connectivity index (χ3v) is 4.16. The van der Waals surface area contributed by atoms with Gasteiger partial charge in [0.25, 0.3) is 0 Å². The summed E-state index contributed by atoms with van der Waals surface area (Å²) < 4.78 is 19.4. The molecule has 5 N–H and O–H groups in total. The van der Waals surface area contributed by atoms with E-state index in [1.165, 1.54) is 11.1 Å². The van der Waals surface area contributed by atoms with Crippen molar-refractivity contribution in [2.45, 2.75) is 37.6 Å². The monoisotopic (exact) mass is 317 g/mol. The van der Waals surface area contributed by atoms with Crippen LogP contribution in [-0.4, -0.2) is 62.6 Å². The van der Waals surface area contributed by atoms with Gasteiger partial charge in [-0.15, -0.1) is 0 Å². The Labute approximate surface area is 125 Å². The Kier molecular flexibility index (Phi) is 3.62. The smallest absolute Gasteiger partial charge is 0.177 e. The van der Waals surface area contributed by atoms with Gasteiger partial charge in [-0.05, 0) is 19.1 Å². The van der Waals surface area contributed by atoms with Crippen LogP contribution in [0, 0.1) is 0 Å². The number of rotatable bonds is 2. The summed E-state index contributed by atoms with van der Waals surface area (Å²) in [6, 6.07) is 0. The molecule has 3 rings (SSSR count). The fraction of sp³-hybridized carbons (Fsp3) is 0.583. The molecule has 0 aliphatic carbocycles. The third kappa shape index (κ3) is 2.21. The molecule has 0 aromatic rings. The second kappa shape index (κ2) is 5.18. The van der Waals surface area contributed by atoms with Crippen molar-refractivity contribution in [2.24, 2.45) is 0 Å². The van der Waals surface area contributed by atoms with Crippen molar-refractivity contribution in [3.63, 3.8) is 0 Å². The predicted molar refractivity (Wildman–Crippen MR) is 74.1 cm³/mol. The molecule has 21 heavy (non-hydrogen) atoms. The molecule has 5 atom stereocenters. The number of aliphatic hydroxyl groups excluding tert-OH is 3. The SMILES string of the molecule is CC1=C(F)C2=CN(C3OC(CO)C(O)C3O)C(=S)NC2N1. The van der Waals surface area contributed by atoms with Crippen LogP contribution < -0.4 is 10.6 Å². The highest BCUT2D eigenvalue weighted by Gasteiger charge is 2.47. The number of hydrogen-bond donors (Lipinski definition) is 5. The lowest BCUT2D eigenvalue weighted by atomic mass is 10.1. The number of aliphatic hydroxyl groups is 3. The number of nitrogens with zero attached hydrogens (tertiary/aromatic N) is 1. The number of thiocarbonyl (C=S) groups is 1. The summed E-state index contributed by atoms with van der Waals surface area (Å²) in [6.45, 7) is 1.17. The molecule has 0 amide bonds. The molecule has 1 saturated heterocycles. The van der Waals surface area contributed by atoms with E-state index in [4.69, 9.17) is 22.1 Å². The zero-order valence-corrected chi connectivity index (χ0v) is 12.0. The lowest BCUT2D eigenvalue weighted by Gasteiger charge is -2.35. The number of ether oxygens (including phenoxy) is 1. The van der Waals surface area contributed by atoms with Crippen LogP contribution >= 0.6 is 12.2 Å². The molecular weight excluding hydrogens is 301 g/mol. The molecule has 0 aromatic carbocycles. The molecule has 3 aliphatic rings. The molecule has 0 spiro atoms. The Balaban J connectivity index is 1.89. The van der Waals surface area contributed by atoms with Gasteiger partial charge in [0.15, 0.2) is 11.3 Å². The average Bonchev–Trinajstić information content (AvgIpc) is 2.88. The van der Waals surface area contributed by atoms with Crippen molar-refractivity contribution in [1.82, 2.24) is 15.5 Å². The van der Waals surface area contributed by atoms with E-state index in [1.54, 1.807) is 6.92 Å². The fourth-order valence-corrected chi connectivity index (χ4v) is 2.93. The summed E-state index contributed by atoms with van der Waals surface area (Å²) in [4.78, 5) is 1.35. The van der Waals surface area contributed by atoms with Crippen LogP contribution in [0.4, 0.5) is 4.39 Å². The van der Waals surface area contributed by atoms with Crippen molar-refractivity contribution in [2.75, 3.05) is 6.61 Å². The van der Waals surface area contributed by atoms with Crippen LogP contribution in [0.3, 0.4) is 0 Å². The van der Waals surface area contributed by atoms with Crippen LogP contribution in [0.5, 0.6) is 0 Å². The van der Waals surface area contributed by atoms with Gasteiger partial charge in [-0.25, -0.2) is 4.39 Å². The number of nitrogens with one attached hydrogen (secondary N) is 2. The van der Waals surface area contributed by atoms with Crippen LogP contribution in [0.15, 0.2) is 23.3 Å². The number of allylic oxidation sites excluding steroid dienone is 1. The van der Waals surface area contributed by atoms with Crippen molar-refractivity contribution < 1.29 is 24.4 Å². The number of fused-ring (bicyclic) bond motifs is 1. The van der Waals surface area contributed by atoms with Gasteiger partial charge >= 0.3 is 0 Å². The van der Waals surface area contributed by atoms with E-state index in [9.17, 15) is 14.6 Å². The molecule has 5 unspecified atom stereocenters. The molecule has 9 heteroatoms. The molecule has 0 aromatic heterocycles. The molecule has 116 valence electrons. The van der Waals surface area contributed by atoms with Gasteiger partial charge in [-0.2, -0.15) is 0 Å². The number of halogens is 1. The Bertz CT molecular complexity index is 541. The predicted octanol–water partition coefficient (Wildman–Crippen LogP) is -1.37. The molecule has 7 nitrogen and oxygen atoms in total. The van der Waals surface area contributed by atoms with Gasteiger partial charge in [0.05, 0.1) is 6.61 Å². The van der Waals surface area contributed by atoms with E-state index >= 15 is 0 Å². The molecule has 3 aliphatic heterocycles. The van der Waals surface area contributed by atoms with E-state index in [0.29, 0.717) is 11.3 Å². The molecule has 1 fully saturated rings. The summed E-state index contributed by atoms with van der Waals surface area (Å²) in [5, 5.41) is 34.9. The normalized spacial score (nSPS) is 39.1. The maximum absolute atomic E-state index is 14.0. The topological polar surface area (TPSA) is 97.2 Å². The van der Waals surface area contributed by atoms with Gasteiger partial charge in [-0.1, -0.05) is 0 Å². The molecule has 0 bridgehead atoms. The molecule has 3 heterocycles. The first kappa shape index (κ1) is 14.7. The zero-order valence-electron chi connectivity index (χ0n) is 11.2. The summed E-state index contributed by atoms with van der Waals surface area (Å²) in [5.41, 5.74) is 0.739. The first-order chi connectivity index (χ1) is 9.93. The van der Waals surface area contributed by atoms with Gasteiger partial charge in [0.2, 0.25) is 0 Å². The summed E-state index contributed by atoms with van der Waals surface area (Å²) >= 11 is 5.19. The van der Waals surface area contributed by atoms with Gasteiger partial charge in [0, 0.05) is 17.5 Å². The largest absolute Gasteiger partial charge is 0.394 e. The first-order valence-electron chi connectivity index (χ1n) is 6.50. The second-order valence-electron chi connectivity index (χ2n) is 5.19. The third-order valence-electron chi connectivity index (χ3n) is 3.83. The van der Waals surface area contributed by atoms with Crippen LogP contribution in [0.25, 0.3) is 0 Å². The van der Waals surface area contributed by atoms with E-state index in [1.807, 2.05) is 0 Å². The van der Waals surface area contributed by atoms with Gasteiger partial charge in [-0.3, -0.25) is 4.90 Å². The lowest BCUT2D eigenvalue weighted by molar-refractivity contribution is -0.0597. The van der Waals surface area contributed by atoms with Crippen LogP contribution in [0.2, 0.25) is 0 Å². The highest BCUT2D eigenvalue weighted by atomic mass is 32.1. The quantitative estimate of drug-likeness (QED) is 0.398. The van der Waals surface area contributed by atoms with E-state index in [0.717, 1.165) is 0 Å². The van der Waals surface area contributed by atoms with Crippen LogP contribution in [0.1, 0.15) is 6.92 Å². The second-order valence-corrected chi connectivity index (χ2v) is 5.57. The van der Waals surface area contributed by atoms with Crippen molar-refractivity contribution >= 4 is 17.3 Å². The van der Waals surface area contributed by atoms with E-state index in [-0.39, 0.29) is 5.11 Å². The lowest BCUT2D eigenvalue weighted by Crippen LogP contribution is -2.56. The van der Waals surface area contributed by atoms with Gasteiger partial charge in [0.1, 0.15) is 30.3 Å². The maximum Gasteiger partial charge on any atom is 0.177 e. The summed E-state index contributed by atoms with van der Waals surface area (Å²) in [7, 11) is 0. The zero-order chi connectivity index (χ0) is 15.3. The summed E-state index contributed by atoms with van der Waals surface area (Å²) in [6.07, 6.45) is -3.40. The van der Waals surface area contributed by atoms with E-state index in [2.05, 4.69) is 10.6 Å². The minimum Gasteiger partial charge on any atom is -0.394 e. The van der Waals surface area contributed by atoms with E-state index < -0.39 is 43.1 Å². The van der Waals surface area contributed by atoms with Gasteiger partial charge < -0.3 is 30.7 Å². The molecule has 0 saturated carbocycles. The van der Waals surface area contributed by atoms with Crippen molar-refractivity contribution in [1.29, 1.82) is 0 Å². The number of hydrogen-bond acceptors (Lipinski definition) is 6. The Morgan fingerprint density at radius 3 is 2.71 bits per heavy atom. The standard InChI is InChI=1S/C12H16FN3O4S/c1-4-7(13)5-2-16(12(21)15-10(5)14-4)11-9(19)8(18)6(3-17)20-11/h2,6,8-11,14,17-19H,3H2,1H3,(H,15,21). The first-order valence-corrected chi connectivity index (χ1v) is 6.91. The van der Waals surface area contributed by atoms with Crippen molar-refractivity contribution in [3.05, 3.63) is 23.3 Å². The Hall–Kier alpha value is -1.26. The summed E-state index contributed by atoms with van der Waals surface area (Å²) in [5.74, 6) is -0.397. The average molecular weight is 317 g/mol. The Morgan fingerprint density at radius 2 is 2.10 bits per heavy atom. The minimum absolute atomic E-state index is 0.230. The fourth-order valence-electron chi connectivity index (χ4n) is 2.65. The minimum atomic E-state index is -1.27. The van der Waals surface area contributed by atoms with Crippen LogP contribution in [-0.2, 0) is 4.74 Å². The highest BCUT2D eigenvalue weighted by Crippen LogP contribution is 2.31. The Morgan fingerprint density at radius 1 is 1.38 bits per heavy atom.